The van der Waals surface area contributed by atoms with Crippen molar-refractivity contribution in [3.63, 3.8) is 0 Å². The first kappa shape index (κ1) is 18.7. The first-order valence-electron chi connectivity index (χ1n) is 8.18. The summed E-state index contributed by atoms with van der Waals surface area (Å²) in [7, 11) is 0. The molecule has 3 nitrogen and oxygen atoms in total. The van der Waals surface area contributed by atoms with E-state index in [1.165, 1.54) is 38.5 Å². The average molecular weight is 398 g/mol. The fourth-order valence-corrected chi connectivity index (χ4v) is 3.04. The van der Waals surface area contributed by atoms with Gasteiger partial charge in [0.2, 0.25) is 0 Å². The SMILES string of the molecule is CCCCCCCCC(I)C(O)CC(C)OCC1CO1. The van der Waals surface area contributed by atoms with E-state index in [4.69, 9.17) is 9.47 Å². The molecule has 1 aliphatic rings. The van der Waals surface area contributed by atoms with Gasteiger partial charge in [0.1, 0.15) is 6.10 Å². The molecule has 0 aliphatic carbocycles. The Labute approximate surface area is 137 Å². The molecule has 0 bridgehead atoms. The molecule has 1 aliphatic heterocycles. The highest BCUT2D eigenvalue weighted by molar-refractivity contribution is 14.1. The molecule has 4 heteroatoms. The molecule has 0 aromatic rings. The monoisotopic (exact) mass is 398 g/mol. The Morgan fingerprint density at radius 2 is 1.90 bits per heavy atom. The van der Waals surface area contributed by atoms with Crippen LogP contribution >= 0.6 is 22.6 Å². The standard InChI is InChI=1S/C16H31IO3/c1-3-4-5-6-7-8-9-15(17)16(18)10-13(2)19-11-14-12-20-14/h13-16,18H,3-12H2,1-2H3. The van der Waals surface area contributed by atoms with Gasteiger partial charge in [-0.25, -0.2) is 0 Å². The molecule has 0 aromatic heterocycles. The van der Waals surface area contributed by atoms with E-state index in [0.717, 1.165) is 19.4 Å². The summed E-state index contributed by atoms with van der Waals surface area (Å²) in [6.45, 7) is 5.80. The highest BCUT2D eigenvalue weighted by Crippen LogP contribution is 2.21. The first-order valence-corrected chi connectivity index (χ1v) is 9.43. The smallest absolute Gasteiger partial charge is 0.104 e. The van der Waals surface area contributed by atoms with Crippen molar-refractivity contribution in [2.24, 2.45) is 0 Å². The lowest BCUT2D eigenvalue weighted by molar-refractivity contribution is 0.0175. The van der Waals surface area contributed by atoms with Crippen molar-refractivity contribution in [2.45, 2.75) is 87.5 Å². The van der Waals surface area contributed by atoms with Crippen LogP contribution in [0.25, 0.3) is 0 Å². The Kier molecular flexibility index (Phi) is 10.5. The van der Waals surface area contributed by atoms with Gasteiger partial charge in [0.05, 0.1) is 25.4 Å². The molecule has 20 heavy (non-hydrogen) atoms. The van der Waals surface area contributed by atoms with Crippen LogP contribution < -0.4 is 0 Å². The fourth-order valence-electron chi connectivity index (χ4n) is 2.30. The number of ether oxygens (including phenoxy) is 2. The molecule has 4 unspecified atom stereocenters. The van der Waals surface area contributed by atoms with Crippen LogP contribution in [0.1, 0.15) is 65.2 Å². The second-order valence-electron chi connectivity index (χ2n) is 5.97. The fraction of sp³-hybridized carbons (Fsp3) is 1.00. The summed E-state index contributed by atoms with van der Waals surface area (Å²) in [5.74, 6) is 0. The van der Waals surface area contributed by atoms with Gasteiger partial charge in [-0.2, -0.15) is 0 Å². The summed E-state index contributed by atoms with van der Waals surface area (Å²) < 4.78 is 11.1. The summed E-state index contributed by atoms with van der Waals surface area (Å²) >= 11 is 2.39. The van der Waals surface area contributed by atoms with Crippen LogP contribution in [0.3, 0.4) is 0 Å². The summed E-state index contributed by atoms with van der Waals surface area (Å²) in [4.78, 5) is 0. The number of halogens is 1. The summed E-state index contributed by atoms with van der Waals surface area (Å²) in [6, 6.07) is 0. The summed E-state index contributed by atoms with van der Waals surface area (Å²) in [5, 5.41) is 10.2. The summed E-state index contributed by atoms with van der Waals surface area (Å²) in [6.07, 6.45) is 9.94. The van der Waals surface area contributed by atoms with Gasteiger partial charge in [0.15, 0.2) is 0 Å². The number of unbranched alkanes of at least 4 members (excludes halogenated alkanes) is 5. The lowest BCUT2D eigenvalue weighted by atomic mass is 10.0. The van der Waals surface area contributed by atoms with Crippen molar-refractivity contribution >= 4 is 22.6 Å². The van der Waals surface area contributed by atoms with Crippen LogP contribution in [-0.4, -0.2) is 40.6 Å². The molecule has 0 radical (unpaired) electrons. The molecule has 1 rings (SSSR count). The third kappa shape index (κ3) is 9.53. The number of aliphatic hydroxyl groups is 1. The average Bonchev–Trinajstić information content (AvgIpc) is 3.24. The van der Waals surface area contributed by atoms with Crippen molar-refractivity contribution in [1.29, 1.82) is 0 Å². The number of hydrogen-bond donors (Lipinski definition) is 1. The van der Waals surface area contributed by atoms with E-state index in [0.29, 0.717) is 16.6 Å². The Hall–Kier alpha value is 0.610. The largest absolute Gasteiger partial charge is 0.392 e. The van der Waals surface area contributed by atoms with Crippen LogP contribution in [0.2, 0.25) is 0 Å². The molecule has 4 atom stereocenters. The second-order valence-corrected chi connectivity index (χ2v) is 7.57. The molecule has 1 fully saturated rings. The number of rotatable bonds is 13. The van der Waals surface area contributed by atoms with Crippen molar-refractivity contribution in [3.05, 3.63) is 0 Å². The minimum absolute atomic E-state index is 0.121. The van der Waals surface area contributed by atoms with Gasteiger partial charge >= 0.3 is 0 Å². The van der Waals surface area contributed by atoms with E-state index in [1.807, 2.05) is 6.92 Å². The Morgan fingerprint density at radius 3 is 2.55 bits per heavy atom. The molecule has 120 valence electrons. The quantitative estimate of drug-likeness (QED) is 0.220. The predicted octanol–water partition coefficient (Wildman–Crippen LogP) is 4.10. The highest BCUT2D eigenvalue weighted by atomic mass is 127. The van der Waals surface area contributed by atoms with E-state index in [2.05, 4.69) is 29.5 Å². The van der Waals surface area contributed by atoms with Gasteiger partial charge in [0, 0.05) is 10.3 Å². The van der Waals surface area contributed by atoms with Gasteiger partial charge < -0.3 is 14.6 Å². The normalized spacial score (nSPS) is 22.5. The molecule has 0 aromatic carbocycles. The van der Waals surface area contributed by atoms with E-state index < -0.39 is 0 Å². The molecule has 0 amide bonds. The molecule has 1 N–H and O–H groups in total. The maximum Gasteiger partial charge on any atom is 0.104 e. The highest BCUT2D eigenvalue weighted by Gasteiger charge is 2.25. The molecule has 1 heterocycles. The zero-order valence-corrected chi connectivity index (χ0v) is 15.2. The topological polar surface area (TPSA) is 42.0 Å². The van der Waals surface area contributed by atoms with E-state index in [-0.39, 0.29) is 12.2 Å². The van der Waals surface area contributed by atoms with Crippen molar-refractivity contribution in [2.75, 3.05) is 13.2 Å². The van der Waals surface area contributed by atoms with Crippen molar-refractivity contribution in [1.82, 2.24) is 0 Å². The van der Waals surface area contributed by atoms with Gasteiger partial charge in [-0.05, 0) is 13.3 Å². The molecular weight excluding hydrogens is 367 g/mol. The van der Waals surface area contributed by atoms with Gasteiger partial charge in [0.25, 0.3) is 0 Å². The van der Waals surface area contributed by atoms with E-state index in [9.17, 15) is 5.11 Å². The molecule has 0 saturated carbocycles. The molecule has 0 spiro atoms. The maximum atomic E-state index is 10.2. The number of alkyl halides is 1. The minimum Gasteiger partial charge on any atom is -0.392 e. The van der Waals surface area contributed by atoms with Gasteiger partial charge in [-0.3, -0.25) is 0 Å². The third-order valence-electron chi connectivity index (χ3n) is 3.79. The molecule has 1 saturated heterocycles. The number of epoxide rings is 1. The first-order chi connectivity index (χ1) is 9.63. The van der Waals surface area contributed by atoms with Gasteiger partial charge in [-0.15, -0.1) is 0 Å². The third-order valence-corrected chi connectivity index (χ3v) is 5.25. The van der Waals surface area contributed by atoms with E-state index >= 15 is 0 Å². The van der Waals surface area contributed by atoms with Crippen LogP contribution in [-0.2, 0) is 9.47 Å². The maximum absolute atomic E-state index is 10.2. The number of aliphatic hydroxyl groups excluding tert-OH is 1. The second kappa shape index (κ2) is 11.2. The minimum atomic E-state index is -0.249. The van der Waals surface area contributed by atoms with E-state index in [1.54, 1.807) is 0 Å². The van der Waals surface area contributed by atoms with Crippen LogP contribution in [0, 0.1) is 0 Å². The number of hydrogen-bond acceptors (Lipinski definition) is 3. The lowest BCUT2D eigenvalue weighted by Gasteiger charge is -2.21. The van der Waals surface area contributed by atoms with Crippen LogP contribution in [0.4, 0.5) is 0 Å². The van der Waals surface area contributed by atoms with Crippen molar-refractivity contribution in [3.8, 4) is 0 Å². The van der Waals surface area contributed by atoms with Crippen molar-refractivity contribution < 1.29 is 14.6 Å². The Morgan fingerprint density at radius 1 is 1.25 bits per heavy atom. The summed E-state index contributed by atoms with van der Waals surface area (Å²) in [5.41, 5.74) is 0. The zero-order valence-electron chi connectivity index (χ0n) is 13.0. The van der Waals surface area contributed by atoms with Crippen LogP contribution in [0.15, 0.2) is 0 Å². The Bertz CT molecular complexity index is 234. The Balaban J connectivity index is 1.97. The van der Waals surface area contributed by atoms with Crippen LogP contribution in [0.5, 0.6) is 0 Å². The van der Waals surface area contributed by atoms with Gasteiger partial charge in [-0.1, -0.05) is 68.0 Å². The predicted molar refractivity (Wildman–Crippen MR) is 91.6 cm³/mol. The molecular formula is C16H31IO3. The zero-order chi connectivity index (χ0) is 14.8. The lowest BCUT2D eigenvalue weighted by Crippen LogP contribution is -2.26.